The van der Waals surface area contributed by atoms with Gasteiger partial charge in [0.2, 0.25) is 0 Å². The highest BCUT2D eigenvalue weighted by Gasteiger charge is 2.09. The van der Waals surface area contributed by atoms with Crippen LogP contribution < -0.4 is 4.74 Å². The van der Waals surface area contributed by atoms with Gasteiger partial charge in [-0.3, -0.25) is 0 Å². The summed E-state index contributed by atoms with van der Waals surface area (Å²) in [5, 5.41) is 17.6. The SMILES string of the molecule is CN(CCO)CCOc1ccccc1C(=O)O. The highest BCUT2D eigenvalue weighted by Crippen LogP contribution is 2.17. The topological polar surface area (TPSA) is 70.0 Å². The molecule has 1 aromatic rings. The zero-order chi connectivity index (χ0) is 12.7. The lowest BCUT2D eigenvalue weighted by Gasteiger charge is -2.15. The van der Waals surface area contributed by atoms with Crippen molar-refractivity contribution in [3.05, 3.63) is 29.8 Å². The minimum absolute atomic E-state index is 0.0994. The summed E-state index contributed by atoms with van der Waals surface area (Å²) in [7, 11) is 1.86. The molecule has 0 unspecified atom stereocenters. The molecule has 0 saturated heterocycles. The fourth-order valence-electron chi connectivity index (χ4n) is 1.36. The molecule has 0 aliphatic rings. The van der Waals surface area contributed by atoms with Gasteiger partial charge in [0.15, 0.2) is 0 Å². The Morgan fingerprint density at radius 2 is 2.06 bits per heavy atom. The lowest BCUT2D eigenvalue weighted by atomic mass is 10.2. The number of carbonyl (C=O) groups is 1. The Kier molecular flexibility index (Phi) is 5.45. The van der Waals surface area contributed by atoms with Gasteiger partial charge < -0.3 is 19.8 Å². The van der Waals surface area contributed by atoms with Gasteiger partial charge in [-0.25, -0.2) is 4.79 Å². The van der Waals surface area contributed by atoms with Crippen LogP contribution >= 0.6 is 0 Å². The van der Waals surface area contributed by atoms with Gasteiger partial charge in [0, 0.05) is 13.1 Å². The van der Waals surface area contributed by atoms with Gasteiger partial charge in [0.05, 0.1) is 6.61 Å². The van der Waals surface area contributed by atoms with E-state index in [1.165, 1.54) is 6.07 Å². The van der Waals surface area contributed by atoms with Gasteiger partial charge in [0.1, 0.15) is 17.9 Å². The molecule has 0 amide bonds. The number of aliphatic hydroxyl groups excluding tert-OH is 1. The number of hydrogen-bond donors (Lipinski definition) is 2. The Balaban J connectivity index is 2.49. The van der Waals surface area contributed by atoms with Crippen molar-refractivity contribution in [2.24, 2.45) is 0 Å². The number of aromatic carboxylic acids is 1. The first-order chi connectivity index (χ1) is 8.15. The molecule has 0 radical (unpaired) electrons. The Hall–Kier alpha value is -1.59. The third-order valence-corrected chi connectivity index (χ3v) is 2.33. The molecule has 1 rings (SSSR count). The largest absolute Gasteiger partial charge is 0.491 e. The van der Waals surface area contributed by atoms with Crippen LogP contribution in [-0.2, 0) is 0 Å². The van der Waals surface area contributed by atoms with E-state index in [4.69, 9.17) is 14.9 Å². The number of carboxylic acids is 1. The summed E-state index contributed by atoms with van der Waals surface area (Å²) in [4.78, 5) is 12.8. The van der Waals surface area contributed by atoms with Crippen molar-refractivity contribution in [2.45, 2.75) is 0 Å². The van der Waals surface area contributed by atoms with Crippen molar-refractivity contribution in [2.75, 3.05) is 33.4 Å². The zero-order valence-corrected chi connectivity index (χ0v) is 9.80. The van der Waals surface area contributed by atoms with Crippen LogP contribution in [0.2, 0.25) is 0 Å². The van der Waals surface area contributed by atoms with Crippen LogP contribution in [0.25, 0.3) is 0 Å². The molecule has 0 aromatic heterocycles. The Bertz CT molecular complexity index is 367. The molecule has 94 valence electrons. The number of ether oxygens (including phenoxy) is 1. The molecular weight excluding hydrogens is 222 g/mol. The Morgan fingerprint density at radius 1 is 1.35 bits per heavy atom. The van der Waals surface area contributed by atoms with Gasteiger partial charge in [-0.05, 0) is 19.2 Å². The normalized spacial score (nSPS) is 10.5. The highest BCUT2D eigenvalue weighted by molar-refractivity contribution is 5.90. The first-order valence-electron chi connectivity index (χ1n) is 5.39. The van der Waals surface area contributed by atoms with E-state index in [0.717, 1.165) is 0 Å². The second-order valence-corrected chi connectivity index (χ2v) is 3.68. The van der Waals surface area contributed by atoms with E-state index in [1.54, 1.807) is 18.2 Å². The first-order valence-corrected chi connectivity index (χ1v) is 5.39. The maximum absolute atomic E-state index is 10.9. The van der Waals surface area contributed by atoms with Crippen LogP contribution in [0.5, 0.6) is 5.75 Å². The molecule has 0 heterocycles. The lowest BCUT2D eigenvalue weighted by Crippen LogP contribution is -2.27. The second kappa shape index (κ2) is 6.88. The number of hydrogen-bond acceptors (Lipinski definition) is 4. The summed E-state index contributed by atoms with van der Waals surface area (Å²) < 4.78 is 5.41. The van der Waals surface area contributed by atoms with Gasteiger partial charge in [-0.1, -0.05) is 12.1 Å². The number of likely N-dealkylation sites (N-methyl/N-ethyl adjacent to an activating group) is 1. The van der Waals surface area contributed by atoms with Crippen LogP contribution in [-0.4, -0.2) is 54.4 Å². The molecule has 1 aromatic carbocycles. The van der Waals surface area contributed by atoms with Gasteiger partial charge >= 0.3 is 5.97 Å². The first kappa shape index (κ1) is 13.5. The van der Waals surface area contributed by atoms with Crippen molar-refractivity contribution in [1.29, 1.82) is 0 Å². The standard InChI is InChI=1S/C12H17NO4/c1-13(6-8-14)7-9-17-11-5-3-2-4-10(11)12(15)16/h2-5,14H,6-9H2,1H3,(H,15,16). The molecule has 0 fully saturated rings. The summed E-state index contributed by atoms with van der Waals surface area (Å²) in [6.45, 7) is 1.70. The second-order valence-electron chi connectivity index (χ2n) is 3.68. The molecular formula is C12H17NO4. The predicted octanol–water partition coefficient (Wildman–Crippen LogP) is 0.688. The van der Waals surface area contributed by atoms with E-state index >= 15 is 0 Å². The summed E-state index contributed by atoms with van der Waals surface area (Å²) in [6.07, 6.45) is 0. The highest BCUT2D eigenvalue weighted by atomic mass is 16.5. The van der Waals surface area contributed by atoms with Crippen LogP contribution in [0.4, 0.5) is 0 Å². The van der Waals surface area contributed by atoms with Crippen molar-refractivity contribution in [3.8, 4) is 5.75 Å². The van der Waals surface area contributed by atoms with E-state index in [0.29, 0.717) is 25.4 Å². The van der Waals surface area contributed by atoms with E-state index in [1.807, 2.05) is 11.9 Å². The summed E-state index contributed by atoms with van der Waals surface area (Å²) in [6, 6.07) is 6.54. The molecule has 5 nitrogen and oxygen atoms in total. The fourth-order valence-corrected chi connectivity index (χ4v) is 1.36. The van der Waals surface area contributed by atoms with Crippen molar-refractivity contribution >= 4 is 5.97 Å². The van der Waals surface area contributed by atoms with E-state index in [-0.39, 0.29) is 12.2 Å². The average Bonchev–Trinajstić information content (AvgIpc) is 2.30. The molecule has 0 aliphatic carbocycles. The number of benzene rings is 1. The van der Waals surface area contributed by atoms with Crippen molar-refractivity contribution in [1.82, 2.24) is 4.90 Å². The number of para-hydroxylation sites is 1. The fraction of sp³-hybridized carbons (Fsp3) is 0.417. The molecule has 5 heteroatoms. The quantitative estimate of drug-likeness (QED) is 0.732. The smallest absolute Gasteiger partial charge is 0.339 e. The molecule has 0 saturated carbocycles. The minimum atomic E-state index is -0.996. The average molecular weight is 239 g/mol. The van der Waals surface area contributed by atoms with Crippen LogP contribution in [0.1, 0.15) is 10.4 Å². The van der Waals surface area contributed by atoms with Crippen LogP contribution in [0.3, 0.4) is 0 Å². The summed E-state index contributed by atoms with van der Waals surface area (Å²) >= 11 is 0. The minimum Gasteiger partial charge on any atom is -0.491 e. The molecule has 17 heavy (non-hydrogen) atoms. The lowest BCUT2D eigenvalue weighted by molar-refractivity contribution is 0.0691. The molecule has 0 bridgehead atoms. The molecule has 0 atom stereocenters. The predicted molar refractivity (Wildman–Crippen MR) is 63.5 cm³/mol. The summed E-state index contributed by atoms with van der Waals surface area (Å²) in [5.74, 6) is -0.623. The number of nitrogens with zero attached hydrogens (tertiary/aromatic N) is 1. The molecule has 0 aliphatic heterocycles. The van der Waals surface area contributed by atoms with Crippen LogP contribution in [0, 0.1) is 0 Å². The summed E-state index contributed by atoms with van der Waals surface area (Å²) in [5.41, 5.74) is 0.164. The van der Waals surface area contributed by atoms with Gasteiger partial charge in [0.25, 0.3) is 0 Å². The molecule has 2 N–H and O–H groups in total. The van der Waals surface area contributed by atoms with E-state index in [2.05, 4.69) is 0 Å². The van der Waals surface area contributed by atoms with E-state index in [9.17, 15) is 4.79 Å². The molecule has 0 spiro atoms. The number of aliphatic hydroxyl groups is 1. The van der Waals surface area contributed by atoms with Crippen molar-refractivity contribution in [3.63, 3.8) is 0 Å². The Labute approximate surface area is 100 Å². The van der Waals surface area contributed by atoms with E-state index < -0.39 is 5.97 Å². The Morgan fingerprint density at radius 3 is 2.71 bits per heavy atom. The third-order valence-electron chi connectivity index (χ3n) is 2.33. The van der Waals surface area contributed by atoms with Crippen molar-refractivity contribution < 1.29 is 19.7 Å². The zero-order valence-electron chi connectivity index (χ0n) is 9.80. The monoisotopic (exact) mass is 239 g/mol. The van der Waals surface area contributed by atoms with Crippen LogP contribution in [0.15, 0.2) is 24.3 Å². The maximum Gasteiger partial charge on any atom is 0.339 e. The maximum atomic E-state index is 10.9. The van der Waals surface area contributed by atoms with Gasteiger partial charge in [-0.2, -0.15) is 0 Å². The number of carboxylic acid groups (broad SMARTS) is 1. The number of rotatable bonds is 7. The third kappa shape index (κ3) is 4.42. The van der Waals surface area contributed by atoms with Gasteiger partial charge in [-0.15, -0.1) is 0 Å².